The van der Waals surface area contributed by atoms with Gasteiger partial charge in [-0.3, -0.25) is 4.79 Å². The minimum Gasteiger partial charge on any atom is -0.333 e. The fraction of sp³-hybridized carbons (Fsp3) is 0.125. The molecule has 0 saturated carbocycles. The van der Waals surface area contributed by atoms with Crippen LogP contribution in [0.2, 0.25) is 0 Å². The molecule has 0 saturated heterocycles. The van der Waals surface area contributed by atoms with E-state index in [4.69, 9.17) is 0 Å². The lowest BCUT2D eigenvalue weighted by atomic mass is 10.1. The molecular weight excluding hydrogens is 306 g/mol. The lowest BCUT2D eigenvalue weighted by Gasteiger charge is -2.02. The van der Waals surface area contributed by atoms with Gasteiger partial charge in [0, 0.05) is 0 Å². The second kappa shape index (κ2) is 5.88. The third-order valence-corrected chi connectivity index (χ3v) is 4.07. The highest BCUT2D eigenvalue weighted by molar-refractivity contribution is 7.99. The van der Waals surface area contributed by atoms with Crippen molar-refractivity contribution in [3.63, 3.8) is 0 Å². The number of hydrogen-bond donors (Lipinski definition) is 1. The average Bonchev–Trinajstić information content (AvgIpc) is 2.87. The second-order valence-electron chi connectivity index (χ2n) is 4.87. The van der Waals surface area contributed by atoms with E-state index in [1.807, 2.05) is 25.1 Å². The molecule has 0 radical (unpaired) electrons. The summed E-state index contributed by atoms with van der Waals surface area (Å²) in [6, 6.07) is 9.15. The van der Waals surface area contributed by atoms with E-state index in [1.54, 1.807) is 0 Å². The maximum Gasteiger partial charge on any atom is 0.179 e. The molecule has 0 fully saturated rings. The van der Waals surface area contributed by atoms with Crippen molar-refractivity contribution in [2.45, 2.75) is 12.1 Å². The van der Waals surface area contributed by atoms with Gasteiger partial charge in [0.25, 0.3) is 0 Å². The molecule has 6 heteroatoms. The van der Waals surface area contributed by atoms with Crippen LogP contribution in [0.3, 0.4) is 0 Å². The molecular formula is C16H12F2N2OS. The van der Waals surface area contributed by atoms with Crippen LogP contribution in [0.25, 0.3) is 11.0 Å². The number of aromatic amines is 1. The largest absolute Gasteiger partial charge is 0.333 e. The van der Waals surface area contributed by atoms with Crippen LogP contribution in [0.1, 0.15) is 15.9 Å². The molecule has 3 nitrogen and oxygen atoms in total. The number of carbonyl (C=O) groups is 1. The smallest absolute Gasteiger partial charge is 0.179 e. The molecule has 0 aliphatic carbocycles. The van der Waals surface area contributed by atoms with E-state index in [0.29, 0.717) is 5.16 Å². The topological polar surface area (TPSA) is 45.8 Å². The highest BCUT2D eigenvalue weighted by atomic mass is 32.2. The monoisotopic (exact) mass is 318 g/mol. The van der Waals surface area contributed by atoms with Gasteiger partial charge in [-0.15, -0.1) is 0 Å². The number of nitrogens with zero attached hydrogens (tertiary/aromatic N) is 1. The number of rotatable bonds is 4. The van der Waals surface area contributed by atoms with Gasteiger partial charge in [-0.2, -0.15) is 0 Å². The molecule has 0 bridgehead atoms. The lowest BCUT2D eigenvalue weighted by Crippen LogP contribution is -2.08. The number of H-pyrrole nitrogens is 1. The fourth-order valence-corrected chi connectivity index (χ4v) is 2.90. The number of benzene rings is 2. The van der Waals surface area contributed by atoms with E-state index in [2.05, 4.69) is 9.97 Å². The van der Waals surface area contributed by atoms with Gasteiger partial charge in [0.1, 0.15) is 11.6 Å². The van der Waals surface area contributed by atoms with Crippen molar-refractivity contribution in [2.24, 2.45) is 0 Å². The summed E-state index contributed by atoms with van der Waals surface area (Å²) in [5.74, 6) is -2.37. The highest BCUT2D eigenvalue weighted by Gasteiger charge is 2.17. The van der Waals surface area contributed by atoms with Gasteiger partial charge < -0.3 is 4.98 Å². The van der Waals surface area contributed by atoms with Crippen LogP contribution in [-0.4, -0.2) is 21.5 Å². The Morgan fingerprint density at radius 3 is 2.68 bits per heavy atom. The molecule has 0 spiro atoms. The van der Waals surface area contributed by atoms with Crippen molar-refractivity contribution in [1.29, 1.82) is 0 Å². The van der Waals surface area contributed by atoms with Crippen LogP contribution in [-0.2, 0) is 0 Å². The predicted molar refractivity (Wildman–Crippen MR) is 82.2 cm³/mol. The first-order valence-corrected chi connectivity index (χ1v) is 7.59. The van der Waals surface area contributed by atoms with Gasteiger partial charge >= 0.3 is 0 Å². The van der Waals surface area contributed by atoms with E-state index < -0.39 is 23.0 Å². The van der Waals surface area contributed by atoms with Gasteiger partial charge in [0.05, 0.1) is 22.3 Å². The van der Waals surface area contributed by atoms with E-state index in [0.717, 1.165) is 40.5 Å². The van der Waals surface area contributed by atoms with E-state index in [-0.39, 0.29) is 5.75 Å². The number of nitrogens with one attached hydrogen (secondary N) is 1. The SMILES string of the molecule is Cc1ccc2nc(SCC(=O)c3c(F)cccc3F)[nH]c2c1. The van der Waals surface area contributed by atoms with Crippen molar-refractivity contribution in [3.8, 4) is 0 Å². The maximum absolute atomic E-state index is 13.5. The average molecular weight is 318 g/mol. The number of Topliss-reactive ketones (excluding diaryl/α,β-unsaturated/α-hetero) is 1. The van der Waals surface area contributed by atoms with Crippen molar-refractivity contribution < 1.29 is 13.6 Å². The summed E-state index contributed by atoms with van der Waals surface area (Å²) >= 11 is 1.12. The van der Waals surface area contributed by atoms with Crippen LogP contribution in [0.5, 0.6) is 0 Å². The minimum absolute atomic E-state index is 0.0866. The first-order valence-electron chi connectivity index (χ1n) is 6.61. The van der Waals surface area contributed by atoms with Crippen molar-refractivity contribution in [3.05, 3.63) is 59.2 Å². The van der Waals surface area contributed by atoms with Crippen LogP contribution >= 0.6 is 11.8 Å². The Hall–Kier alpha value is -2.21. The Bertz CT molecular complexity index is 840. The summed E-state index contributed by atoms with van der Waals surface area (Å²) in [6.45, 7) is 1.97. The Morgan fingerprint density at radius 2 is 1.95 bits per heavy atom. The highest BCUT2D eigenvalue weighted by Crippen LogP contribution is 2.22. The third kappa shape index (κ3) is 2.87. The standard InChI is InChI=1S/C16H12F2N2OS/c1-9-5-6-12-13(7-9)20-16(19-12)22-8-14(21)15-10(17)3-2-4-11(15)18/h2-7H,8H2,1H3,(H,19,20). The Morgan fingerprint density at radius 1 is 1.23 bits per heavy atom. The molecule has 2 aromatic carbocycles. The molecule has 3 rings (SSSR count). The number of aryl methyl sites for hydroxylation is 1. The Kier molecular flexibility index (Phi) is 3.94. The maximum atomic E-state index is 13.5. The summed E-state index contributed by atoms with van der Waals surface area (Å²) in [4.78, 5) is 19.4. The number of ketones is 1. The summed E-state index contributed by atoms with van der Waals surface area (Å²) < 4.78 is 27.1. The number of aromatic nitrogens is 2. The van der Waals surface area contributed by atoms with Gasteiger partial charge in [-0.05, 0) is 36.8 Å². The van der Waals surface area contributed by atoms with Crippen LogP contribution in [0.15, 0.2) is 41.6 Å². The summed E-state index contributed by atoms with van der Waals surface area (Å²) in [5.41, 5.74) is 2.25. The molecule has 112 valence electrons. The molecule has 0 aliphatic heterocycles. The first-order chi connectivity index (χ1) is 10.5. The number of hydrogen-bond acceptors (Lipinski definition) is 3. The zero-order valence-corrected chi connectivity index (χ0v) is 12.5. The number of fused-ring (bicyclic) bond motifs is 1. The molecule has 0 unspecified atom stereocenters. The van der Waals surface area contributed by atoms with Gasteiger partial charge in [0.15, 0.2) is 10.9 Å². The molecule has 3 aromatic rings. The second-order valence-corrected chi connectivity index (χ2v) is 5.84. The van der Waals surface area contributed by atoms with E-state index in [9.17, 15) is 13.6 Å². The molecule has 0 amide bonds. The van der Waals surface area contributed by atoms with Gasteiger partial charge in [-0.25, -0.2) is 13.8 Å². The number of imidazole rings is 1. The normalized spacial score (nSPS) is 11.0. The van der Waals surface area contributed by atoms with Crippen molar-refractivity contribution >= 4 is 28.6 Å². The zero-order valence-electron chi connectivity index (χ0n) is 11.7. The molecule has 1 N–H and O–H groups in total. The first kappa shape index (κ1) is 14.7. The van der Waals surface area contributed by atoms with E-state index in [1.165, 1.54) is 6.07 Å². The zero-order chi connectivity index (χ0) is 15.7. The summed E-state index contributed by atoms with van der Waals surface area (Å²) in [5, 5.41) is 0.547. The minimum atomic E-state index is -0.842. The molecule has 1 aromatic heterocycles. The fourth-order valence-electron chi connectivity index (χ4n) is 2.14. The Balaban J connectivity index is 1.77. The Labute approximate surface area is 129 Å². The quantitative estimate of drug-likeness (QED) is 0.581. The van der Waals surface area contributed by atoms with Gasteiger partial charge in [0.2, 0.25) is 0 Å². The van der Waals surface area contributed by atoms with Crippen LogP contribution in [0.4, 0.5) is 8.78 Å². The third-order valence-electron chi connectivity index (χ3n) is 3.20. The molecule has 0 atom stereocenters. The molecule has 0 aliphatic rings. The lowest BCUT2D eigenvalue weighted by molar-refractivity contribution is 0.101. The number of thioether (sulfide) groups is 1. The summed E-state index contributed by atoms with van der Waals surface area (Å²) in [7, 11) is 0. The van der Waals surface area contributed by atoms with Gasteiger partial charge in [-0.1, -0.05) is 23.9 Å². The van der Waals surface area contributed by atoms with Crippen LogP contribution < -0.4 is 0 Å². The molecule has 1 heterocycles. The van der Waals surface area contributed by atoms with Crippen LogP contribution in [0, 0.1) is 18.6 Å². The van der Waals surface area contributed by atoms with Crippen molar-refractivity contribution in [2.75, 3.05) is 5.75 Å². The molecule has 22 heavy (non-hydrogen) atoms. The van der Waals surface area contributed by atoms with E-state index >= 15 is 0 Å². The number of carbonyl (C=O) groups excluding carboxylic acids is 1. The number of halogens is 2. The predicted octanol–water partition coefficient (Wildman–Crippen LogP) is 4.12. The summed E-state index contributed by atoms with van der Waals surface area (Å²) in [6.07, 6.45) is 0. The van der Waals surface area contributed by atoms with Crippen molar-refractivity contribution in [1.82, 2.24) is 9.97 Å².